The van der Waals surface area contributed by atoms with Gasteiger partial charge in [0, 0.05) is 5.56 Å². The van der Waals surface area contributed by atoms with Gasteiger partial charge in [0.25, 0.3) is 5.91 Å². The molecule has 6 nitrogen and oxygen atoms in total. The van der Waals surface area contributed by atoms with Crippen molar-refractivity contribution in [2.75, 3.05) is 11.9 Å². The quantitative estimate of drug-likeness (QED) is 0.660. The summed E-state index contributed by atoms with van der Waals surface area (Å²) in [5.41, 5.74) is 3.13. The lowest BCUT2D eigenvalue weighted by Crippen LogP contribution is -2.39. The number of anilines is 1. The topological polar surface area (TPSA) is 81.7 Å². The van der Waals surface area contributed by atoms with Crippen LogP contribution in [0, 0.1) is 13.8 Å². The van der Waals surface area contributed by atoms with Gasteiger partial charge in [0.15, 0.2) is 18.5 Å². The summed E-state index contributed by atoms with van der Waals surface area (Å²) in [5, 5.41) is 2.68. The maximum absolute atomic E-state index is 12.1. The molecule has 6 heteroatoms. The molecule has 134 valence electrons. The zero-order chi connectivity index (χ0) is 18.7. The Morgan fingerprint density at radius 1 is 1.12 bits per heavy atom. The summed E-state index contributed by atoms with van der Waals surface area (Å²) < 4.78 is 10.6. The molecule has 2 aromatic carbocycles. The normalized spacial score (nSPS) is 15.5. The lowest BCUT2D eigenvalue weighted by Gasteiger charge is -2.25. The Morgan fingerprint density at radius 3 is 2.65 bits per heavy atom. The number of aryl methyl sites for hydroxylation is 2. The Kier molecular flexibility index (Phi) is 5.02. The minimum Gasteiger partial charge on any atom is -0.478 e. The van der Waals surface area contributed by atoms with Crippen molar-refractivity contribution in [2.24, 2.45) is 0 Å². The van der Waals surface area contributed by atoms with E-state index in [2.05, 4.69) is 5.32 Å². The number of amides is 1. The molecule has 0 aliphatic carbocycles. The molecule has 0 fully saturated rings. The van der Waals surface area contributed by atoms with Crippen molar-refractivity contribution in [1.29, 1.82) is 0 Å². The number of hydrogen-bond donors (Lipinski definition) is 1. The monoisotopic (exact) mass is 353 g/mol. The third-order valence-electron chi connectivity index (χ3n) is 4.25. The van der Waals surface area contributed by atoms with Gasteiger partial charge in [-0.2, -0.15) is 0 Å². The Morgan fingerprint density at radius 2 is 1.88 bits per heavy atom. The Bertz CT molecular complexity index is 874. The third kappa shape index (κ3) is 3.91. The van der Waals surface area contributed by atoms with Crippen molar-refractivity contribution in [3.63, 3.8) is 0 Å². The van der Waals surface area contributed by atoms with E-state index < -0.39 is 18.0 Å². The summed E-state index contributed by atoms with van der Waals surface area (Å²) in [6, 6.07) is 12.3. The number of ether oxygens (including phenoxy) is 2. The van der Waals surface area contributed by atoms with Crippen molar-refractivity contribution in [3.05, 3.63) is 59.2 Å². The van der Waals surface area contributed by atoms with Crippen LogP contribution < -0.4 is 10.1 Å². The van der Waals surface area contributed by atoms with Crippen LogP contribution in [0.3, 0.4) is 0 Å². The first kappa shape index (κ1) is 17.7. The zero-order valence-electron chi connectivity index (χ0n) is 14.6. The maximum atomic E-state index is 12.1. The number of fused-ring (bicyclic) bond motifs is 1. The van der Waals surface area contributed by atoms with E-state index in [9.17, 15) is 14.4 Å². The molecular formula is C20H19NO5. The highest BCUT2D eigenvalue weighted by Crippen LogP contribution is 2.29. The average Bonchev–Trinajstić information content (AvgIpc) is 2.62. The molecular weight excluding hydrogens is 334 g/mol. The van der Waals surface area contributed by atoms with Gasteiger partial charge in [0.2, 0.25) is 0 Å². The number of esters is 1. The van der Waals surface area contributed by atoms with Gasteiger partial charge >= 0.3 is 5.97 Å². The van der Waals surface area contributed by atoms with Crippen LogP contribution in [0.15, 0.2) is 42.5 Å². The fourth-order valence-corrected chi connectivity index (χ4v) is 2.58. The lowest BCUT2D eigenvalue weighted by atomic mass is 10.0. The predicted molar refractivity (Wildman–Crippen MR) is 95.3 cm³/mol. The highest BCUT2D eigenvalue weighted by atomic mass is 16.5. The molecule has 26 heavy (non-hydrogen) atoms. The number of rotatable bonds is 5. The van der Waals surface area contributed by atoms with Crippen molar-refractivity contribution in [1.82, 2.24) is 0 Å². The molecule has 1 aliphatic rings. The number of carbonyl (C=O) groups excluding carboxylic acids is 3. The summed E-state index contributed by atoms with van der Waals surface area (Å²) >= 11 is 0. The van der Waals surface area contributed by atoms with Crippen LogP contribution in [-0.4, -0.2) is 30.4 Å². The molecule has 0 saturated heterocycles. The second-order valence-corrected chi connectivity index (χ2v) is 6.18. The fourth-order valence-electron chi connectivity index (χ4n) is 2.58. The van der Waals surface area contributed by atoms with E-state index in [1.807, 2.05) is 19.9 Å². The molecule has 1 aliphatic heterocycles. The molecule has 0 saturated carbocycles. The molecule has 0 aromatic heterocycles. The van der Waals surface area contributed by atoms with Crippen molar-refractivity contribution >= 4 is 23.3 Å². The highest BCUT2D eigenvalue weighted by molar-refractivity contribution is 6.00. The van der Waals surface area contributed by atoms with Gasteiger partial charge in [-0.3, -0.25) is 14.4 Å². The summed E-state index contributed by atoms with van der Waals surface area (Å²) in [5.74, 6) is -0.875. The van der Waals surface area contributed by atoms with Crippen molar-refractivity contribution < 1.29 is 23.9 Å². The SMILES string of the molecule is Cc1ccc(C(=O)COC(=O)C[C@@H]2Oc3ccccc3NC2=O)cc1C. The summed E-state index contributed by atoms with van der Waals surface area (Å²) in [6.07, 6.45) is -1.24. The zero-order valence-corrected chi connectivity index (χ0v) is 14.6. The van der Waals surface area contributed by atoms with Gasteiger partial charge in [-0.25, -0.2) is 0 Å². The Labute approximate surface area is 151 Å². The Balaban J connectivity index is 1.55. The van der Waals surface area contributed by atoms with Crippen LogP contribution in [-0.2, 0) is 14.3 Å². The first-order chi connectivity index (χ1) is 12.4. The number of nitrogens with one attached hydrogen (secondary N) is 1. The van der Waals surface area contributed by atoms with Gasteiger partial charge in [0.1, 0.15) is 5.75 Å². The predicted octanol–water partition coefficient (Wildman–Crippen LogP) is 2.82. The standard InChI is InChI=1S/C20H19NO5/c1-12-7-8-14(9-13(12)2)16(22)11-25-19(23)10-18-20(24)21-15-5-3-4-6-17(15)26-18/h3-9,18H,10-11H2,1-2H3,(H,21,24)/t18-/m0/s1. The number of carbonyl (C=O) groups is 3. The number of ketones is 1. The molecule has 1 heterocycles. The van der Waals surface area contributed by atoms with E-state index in [0.29, 0.717) is 17.0 Å². The number of para-hydroxylation sites is 2. The number of hydrogen-bond acceptors (Lipinski definition) is 5. The summed E-state index contributed by atoms with van der Waals surface area (Å²) in [4.78, 5) is 36.1. The van der Waals surface area contributed by atoms with E-state index in [0.717, 1.165) is 11.1 Å². The fraction of sp³-hybridized carbons (Fsp3) is 0.250. The minimum absolute atomic E-state index is 0.264. The van der Waals surface area contributed by atoms with Crippen LogP contribution in [0.25, 0.3) is 0 Å². The molecule has 1 amide bonds. The van der Waals surface area contributed by atoms with E-state index >= 15 is 0 Å². The lowest BCUT2D eigenvalue weighted by molar-refractivity contribution is -0.146. The Hall–Kier alpha value is -3.15. The summed E-state index contributed by atoms with van der Waals surface area (Å²) in [6.45, 7) is 3.50. The molecule has 2 aromatic rings. The summed E-state index contributed by atoms with van der Waals surface area (Å²) in [7, 11) is 0. The second-order valence-electron chi connectivity index (χ2n) is 6.18. The highest BCUT2D eigenvalue weighted by Gasteiger charge is 2.30. The van der Waals surface area contributed by atoms with E-state index in [-0.39, 0.29) is 18.8 Å². The maximum Gasteiger partial charge on any atom is 0.310 e. The number of benzene rings is 2. The van der Waals surface area contributed by atoms with E-state index in [1.54, 1.807) is 36.4 Å². The van der Waals surface area contributed by atoms with Gasteiger partial charge in [-0.15, -0.1) is 0 Å². The van der Waals surface area contributed by atoms with E-state index in [1.165, 1.54) is 0 Å². The van der Waals surface area contributed by atoms with Crippen LogP contribution in [0.4, 0.5) is 5.69 Å². The average molecular weight is 353 g/mol. The number of Topliss-reactive ketones (excluding diaryl/α,β-unsaturated/α-hetero) is 1. The first-order valence-corrected chi connectivity index (χ1v) is 8.26. The van der Waals surface area contributed by atoms with Crippen LogP contribution >= 0.6 is 0 Å². The molecule has 0 unspecified atom stereocenters. The van der Waals surface area contributed by atoms with Gasteiger partial charge < -0.3 is 14.8 Å². The molecule has 1 N–H and O–H groups in total. The largest absolute Gasteiger partial charge is 0.478 e. The third-order valence-corrected chi connectivity index (χ3v) is 4.25. The molecule has 0 radical (unpaired) electrons. The smallest absolute Gasteiger partial charge is 0.310 e. The van der Waals surface area contributed by atoms with Crippen molar-refractivity contribution in [3.8, 4) is 5.75 Å². The molecule has 0 spiro atoms. The molecule has 3 rings (SSSR count). The minimum atomic E-state index is -0.978. The van der Waals surface area contributed by atoms with E-state index in [4.69, 9.17) is 9.47 Å². The van der Waals surface area contributed by atoms with Crippen LogP contribution in [0.1, 0.15) is 27.9 Å². The molecule has 1 atom stereocenters. The molecule has 0 bridgehead atoms. The second kappa shape index (κ2) is 7.39. The van der Waals surface area contributed by atoms with Gasteiger partial charge in [-0.1, -0.05) is 24.3 Å². The van der Waals surface area contributed by atoms with Gasteiger partial charge in [-0.05, 0) is 43.2 Å². The first-order valence-electron chi connectivity index (χ1n) is 8.26. The van der Waals surface area contributed by atoms with Crippen molar-refractivity contribution in [2.45, 2.75) is 26.4 Å². The van der Waals surface area contributed by atoms with Crippen LogP contribution in [0.2, 0.25) is 0 Å². The van der Waals surface area contributed by atoms with Crippen LogP contribution in [0.5, 0.6) is 5.75 Å². The van der Waals surface area contributed by atoms with Gasteiger partial charge in [0.05, 0.1) is 12.1 Å².